The Bertz CT molecular complexity index is 260. The lowest BCUT2D eigenvalue weighted by Crippen LogP contribution is -2.17. The molecule has 1 aromatic carbocycles. The highest BCUT2D eigenvalue weighted by molar-refractivity contribution is 7.98. The zero-order valence-corrected chi connectivity index (χ0v) is 9.47. The van der Waals surface area contributed by atoms with Crippen LogP contribution in [0.3, 0.4) is 0 Å². The maximum Gasteiger partial charge on any atom is 0.0449 e. The van der Waals surface area contributed by atoms with Gasteiger partial charge in [-0.3, -0.25) is 0 Å². The van der Waals surface area contributed by atoms with Gasteiger partial charge in [-0.15, -0.1) is 11.8 Å². The number of hydrogen-bond donors (Lipinski definition) is 2. The van der Waals surface area contributed by atoms with Crippen molar-refractivity contribution in [3.05, 3.63) is 29.8 Å². The van der Waals surface area contributed by atoms with Crippen LogP contribution in [0.2, 0.25) is 0 Å². The molecule has 2 nitrogen and oxygen atoms in total. The second kappa shape index (κ2) is 6.06. The first-order valence-corrected chi connectivity index (χ1v) is 5.96. The standard InChI is InChI=1S/C11H17NOS/c1-12-11(7-8-13)9-3-5-10(14-2)6-4-9/h3-6,11-13H,7-8H2,1-2H3. The zero-order chi connectivity index (χ0) is 10.4. The Balaban J connectivity index is 2.73. The highest BCUT2D eigenvalue weighted by atomic mass is 32.2. The Hall–Kier alpha value is -0.510. The van der Waals surface area contributed by atoms with Crippen molar-refractivity contribution < 1.29 is 5.11 Å². The molecule has 0 spiro atoms. The van der Waals surface area contributed by atoms with E-state index in [2.05, 4.69) is 35.8 Å². The molecule has 1 aromatic rings. The summed E-state index contributed by atoms with van der Waals surface area (Å²) in [5.41, 5.74) is 1.24. The Morgan fingerprint density at radius 3 is 2.43 bits per heavy atom. The first kappa shape index (κ1) is 11.6. The molecule has 0 radical (unpaired) electrons. The van der Waals surface area contributed by atoms with E-state index in [1.54, 1.807) is 11.8 Å². The normalized spacial score (nSPS) is 12.8. The highest BCUT2D eigenvalue weighted by Crippen LogP contribution is 2.20. The van der Waals surface area contributed by atoms with Gasteiger partial charge in [0.25, 0.3) is 0 Å². The maximum atomic E-state index is 8.89. The summed E-state index contributed by atoms with van der Waals surface area (Å²) >= 11 is 1.74. The Kier molecular flexibility index (Phi) is 5.01. The monoisotopic (exact) mass is 211 g/mol. The molecule has 0 saturated carbocycles. The van der Waals surface area contributed by atoms with Gasteiger partial charge in [0, 0.05) is 17.5 Å². The molecule has 0 aliphatic carbocycles. The van der Waals surface area contributed by atoms with Crippen LogP contribution in [0.15, 0.2) is 29.2 Å². The van der Waals surface area contributed by atoms with Gasteiger partial charge in [0.05, 0.1) is 0 Å². The minimum absolute atomic E-state index is 0.218. The van der Waals surface area contributed by atoms with E-state index in [9.17, 15) is 0 Å². The van der Waals surface area contributed by atoms with Crippen LogP contribution in [-0.2, 0) is 0 Å². The average Bonchev–Trinajstić information content (AvgIpc) is 2.26. The number of thioether (sulfide) groups is 1. The van der Waals surface area contributed by atoms with Crippen LogP contribution in [0.4, 0.5) is 0 Å². The van der Waals surface area contributed by atoms with Crippen molar-refractivity contribution in [2.75, 3.05) is 19.9 Å². The van der Waals surface area contributed by atoms with Crippen molar-refractivity contribution in [3.8, 4) is 0 Å². The van der Waals surface area contributed by atoms with Gasteiger partial charge in [-0.1, -0.05) is 12.1 Å². The molecule has 0 saturated heterocycles. The Morgan fingerprint density at radius 2 is 2.00 bits per heavy atom. The van der Waals surface area contributed by atoms with E-state index in [0.717, 1.165) is 6.42 Å². The molecule has 78 valence electrons. The molecule has 0 aliphatic rings. The number of aliphatic hydroxyl groups excluding tert-OH is 1. The van der Waals surface area contributed by atoms with E-state index in [1.807, 2.05) is 7.05 Å². The Morgan fingerprint density at radius 1 is 1.36 bits per heavy atom. The fourth-order valence-electron chi connectivity index (χ4n) is 1.44. The van der Waals surface area contributed by atoms with Crippen molar-refractivity contribution in [3.63, 3.8) is 0 Å². The lowest BCUT2D eigenvalue weighted by molar-refractivity contribution is 0.269. The molecule has 0 aromatic heterocycles. The van der Waals surface area contributed by atoms with Gasteiger partial charge in [0.1, 0.15) is 0 Å². The topological polar surface area (TPSA) is 32.3 Å². The van der Waals surface area contributed by atoms with Crippen molar-refractivity contribution in [1.29, 1.82) is 0 Å². The van der Waals surface area contributed by atoms with Crippen LogP contribution in [-0.4, -0.2) is 25.0 Å². The Labute approximate surface area is 89.7 Å². The molecule has 0 bridgehead atoms. The summed E-state index contributed by atoms with van der Waals surface area (Å²) in [7, 11) is 1.92. The lowest BCUT2D eigenvalue weighted by atomic mass is 10.0. The molecule has 1 atom stereocenters. The summed E-state index contributed by atoms with van der Waals surface area (Å²) in [6.07, 6.45) is 2.83. The molecule has 2 N–H and O–H groups in total. The largest absolute Gasteiger partial charge is 0.396 e. The van der Waals surface area contributed by atoms with E-state index in [4.69, 9.17) is 5.11 Å². The zero-order valence-electron chi connectivity index (χ0n) is 8.66. The fourth-order valence-corrected chi connectivity index (χ4v) is 1.85. The molecule has 1 rings (SSSR count). The molecule has 0 heterocycles. The highest BCUT2D eigenvalue weighted by Gasteiger charge is 2.07. The molecule has 0 fully saturated rings. The third kappa shape index (κ3) is 3.01. The molecule has 0 amide bonds. The maximum absolute atomic E-state index is 8.89. The van der Waals surface area contributed by atoms with Crippen LogP contribution >= 0.6 is 11.8 Å². The second-order valence-electron chi connectivity index (χ2n) is 3.13. The number of hydrogen-bond acceptors (Lipinski definition) is 3. The van der Waals surface area contributed by atoms with Crippen LogP contribution in [0.25, 0.3) is 0 Å². The summed E-state index contributed by atoms with van der Waals surface area (Å²) in [4.78, 5) is 1.27. The van der Waals surface area contributed by atoms with E-state index >= 15 is 0 Å². The van der Waals surface area contributed by atoms with Crippen LogP contribution in [0, 0.1) is 0 Å². The smallest absolute Gasteiger partial charge is 0.0449 e. The van der Waals surface area contributed by atoms with Crippen molar-refractivity contribution in [2.45, 2.75) is 17.4 Å². The second-order valence-corrected chi connectivity index (χ2v) is 4.01. The van der Waals surface area contributed by atoms with E-state index in [1.165, 1.54) is 10.5 Å². The van der Waals surface area contributed by atoms with Crippen LogP contribution in [0.1, 0.15) is 18.0 Å². The average molecular weight is 211 g/mol. The molecule has 3 heteroatoms. The third-order valence-corrected chi connectivity index (χ3v) is 3.03. The van der Waals surface area contributed by atoms with Gasteiger partial charge in [0.15, 0.2) is 0 Å². The molecular weight excluding hydrogens is 194 g/mol. The van der Waals surface area contributed by atoms with Crippen molar-refractivity contribution in [2.24, 2.45) is 0 Å². The summed E-state index contributed by atoms with van der Waals surface area (Å²) in [5.74, 6) is 0. The number of aliphatic hydroxyl groups is 1. The van der Waals surface area contributed by atoms with E-state index < -0.39 is 0 Å². The lowest BCUT2D eigenvalue weighted by Gasteiger charge is -2.15. The fraction of sp³-hybridized carbons (Fsp3) is 0.455. The first-order valence-electron chi connectivity index (χ1n) is 4.74. The summed E-state index contributed by atoms with van der Waals surface area (Å²) in [6, 6.07) is 8.71. The third-order valence-electron chi connectivity index (χ3n) is 2.28. The predicted molar refractivity (Wildman–Crippen MR) is 61.7 cm³/mol. The van der Waals surface area contributed by atoms with Gasteiger partial charge in [-0.2, -0.15) is 0 Å². The number of rotatable bonds is 5. The van der Waals surface area contributed by atoms with Crippen LogP contribution in [0.5, 0.6) is 0 Å². The quantitative estimate of drug-likeness (QED) is 0.731. The first-order chi connectivity index (χ1) is 6.81. The molecule has 0 aliphatic heterocycles. The van der Waals surface area contributed by atoms with E-state index in [-0.39, 0.29) is 12.6 Å². The van der Waals surface area contributed by atoms with Gasteiger partial charge >= 0.3 is 0 Å². The summed E-state index contributed by atoms with van der Waals surface area (Å²) < 4.78 is 0. The predicted octanol–water partition coefficient (Wildman–Crippen LogP) is 2.05. The summed E-state index contributed by atoms with van der Waals surface area (Å²) in [5, 5.41) is 12.1. The van der Waals surface area contributed by atoms with Crippen molar-refractivity contribution >= 4 is 11.8 Å². The SMILES string of the molecule is CNC(CCO)c1ccc(SC)cc1. The molecule has 14 heavy (non-hydrogen) atoms. The van der Waals surface area contributed by atoms with Crippen LogP contribution < -0.4 is 5.32 Å². The van der Waals surface area contributed by atoms with Gasteiger partial charge in [0.2, 0.25) is 0 Å². The minimum Gasteiger partial charge on any atom is -0.396 e. The van der Waals surface area contributed by atoms with Crippen molar-refractivity contribution in [1.82, 2.24) is 5.32 Å². The number of benzene rings is 1. The minimum atomic E-state index is 0.218. The van der Waals surface area contributed by atoms with Gasteiger partial charge in [-0.05, 0) is 37.4 Å². The van der Waals surface area contributed by atoms with Gasteiger partial charge in [-0.25, -0.2) is 0 Å². The van der Waals surface area contributed by atoms with Gasteiger partial charge < -0.3 is 10.4 Å². The number of nitrogens with one attached hydrogen (secondary N) is 1. The van der Waals surface area contributed by atoms with E-state index in [0.29, 0.717) is 0 Å². The molecule has 1 unspecified atom stereocenters. The summed E-state index contributed by atoms with van der Waals surface area (Å²) in [6.45, 7) is 0.218. The molecular formula is C11H17NOS.